The summed E-state index contributed by atoms with van der Waals surface area (Å²) in [7, 11) is 0. The van der Waals surface area contributed by atoms with Crippen molar-refractivity contribution in [1.29, 1.82) is 0 Å². The number of hydrogen-bond acceptors (Lipinski definition) is 2. The molecule has 0 saturated carbocycles. The third-order valence-electron chi connectivity index (χ3n) is 3.92. The highest BCUT2D eigenvalue weighted by Gasteiger charge is 2.30. The van der Waals surface area contributed by atoms with Gasteiger partial charge >= 0.3 is 0 Å². The van der Waals surface area contributed by atoms with E-state index < -0.39 is 0 Å². The Bertz CT molecular complexity index is 500. The molecule has 3 heteroatoms. The van der Waals surface area contributed by atoms with Crippen molar-refractivity contribution in [1.82, 2.24) is 9.78 Å². The third kappa shape index (κ3) is 2.87. The molecule has 1 aromatic carbocycles. The normalized spacial score (nSPS) is 14.3. The lowest BCUT2D eigenvalue weighted by molar-refractivity contribution is 0.186. The zero-order valence-corrected chi connectivity index (χ0v) is 11.7. The highest BCUT2D eigenvalue weighted by Crippen LogP contribution is 2.31. The van der Waals surface area contributed by atoms with E-state index in [2.05, 4.69) is 37.3 Å². The van der Waals surface area contributed by atoms with Gasteiger partial charge in [0.2, 0.25) is 0 Å². The van der Waals surface area contributed by atoms with E-state index in [1.807, 2.05) is 29.1 Å². The van der Waals surface area contributed by atoms with E-state index >= 15 is 0 Å². The Morgan fingerprint density at radius 1 is 1.21 bits per heavy atom. The minimum absolute atomic E-state index is 0.158. The molecule has 1 unspecified atom stereocenters. The second-order valence-corrected chi connectivity index (χ2v) is 5.04. The number of aliphatic hydroxyl groups excluding tert-OH is 1. The molecule has 3 nitrogen and oxygen atoms in total. The molecule has 0 fully saturated rings. The van der Waals surface area contributed by atoms with Gasteiger partial charge in [0.25, 0.3) is 0 Å². The Labute approximate surface area is 114 Å². The van der Waals surface area contributed by atoms with E-state index in [-0.39, 0.29) is 12.0 Å². The summed E-state index contributed by atoms with van der Waals surface area (Å²) in [6.07, 6.45) is 5.71. The largest absolute Gasteiger partial charge is 0.395 e. The molecule has 0 aliphatic rings. The number of benzene rings is 1. The van der Waals surface area contributed by atoms with Crippen LogP contribution in [0, 0.1) is 0 Å². The fourth-order valence-corrected chi connectivity index (χ4v) is 2.54. The lowest BCUT2D eigenvalue weighted by Crippen LogP contribution is -2.32. The van der Waals surface area contributed by atoms with Crippen LogP contribution >= 0.6 is 0 Å². The molecule has 1 N–H and O–H groups in total. The van der Waals surface area contributed by atoms with Crippen molar-refractivity contribution in [3.05, 3.63) is 53.9 Å². The van der Waals surface area contributed by atoms with Crippen LogP contribution in [0.1, 0.15) is 31.4 Å². The molecule has 0 bridgehead atoms. The molecule has 0 saturated heterocycles. The summed E-state index contributed by atoms with van der Waals surface area (Å²) < 4.78 is 1.93. The van der Waals surface area contributed by atoms with Crippen LogP contribution in [0.5, 0.6) is 0 Å². The predicted molar refractivity (Wildman–Crippen MR) is 77.1 cm³/mol. The summed E-state index contributed by atoms with van der Waals surface area (Å²) in [5.41, 5.74) is 2.17. The number of aliphatic hydroxyl groups is 1. The highest BCUT2D eigenvalue weighted by molar-refractivity contribution is 5.28. The lowest BCUT2D eigenvalue weighted by atomic mass is 9.74. The Kier molecular flexibility index (Phi) is 4.38. The molecule has 1 aromatic heterocycles. The quantitative estimate of drug-likeness (QED) is 0.865. The van der Waals surface area contributed by atoms with Crippen molar-refractivity contribution < 1.29 is 5.11 Å². The van der Waals surface area contributed by atoms with Gasteiger partial charge in [0.15, 0.2) is 0 Å². The van der Waals surface area contributed by atoms with E-state index in [9.17, 15) is 5.11 Å². The van der Waals surface area contributed by atoms with Crippen LogP contribution in [0.25, 0.3) is 0 Å². The summed E-state index contributed by atoms with van der Waals surface area (Å²) in [6, 6.07) is 10.3. The van der Waals surface area contributed by atoms with Gasteiger partial charge in [0.05, 0.1) is 12.8 Å². The molecule has 102 valence electrons. The fourth-order valence-electron chi connectivity index (χ4n) is 2.54. The number of rotatable bonds is 6. The molecule has 1 atom stereocenters. The Balaban J connectivity index is 2.29. The molecule has 19 heavy (non-hydrogen) atoms. The van der Waals surface area contributed by atoms with Gasteiger partial charge in [-0.1, -0.05) is 37.3 Å². The van der Waals surface area contributed by atoms with Gasteiger partial charge in [-0.15, -0.1) is 0 Å². The Morgan fingerprint density at radius 3 is 2.47 bits per heavy atom. The predicted octanol–water partition coefficient (Wildman–Crippen LogP) is 2.79. The van der Waals surface area contributed by atoms with Crippen LogP contribution in [0.3, 0.4) is 0 Å². The maximum atomic E-state index is 9.93. The van der Waals surface area contributed by atoms with E-state index in [0.717, 1.165) is 19.4 Å². The minimum atomic E-state index is -0.205. The maximum absolute atomic E-state index is 9.93. The highest BCUT2D eigenvalue weighted by atomic mass is 16.3. The molecule has 2 rings (SSSR count). The molecule has 0 aliphatic heterocycles. The zero-order valence-electron chi connectivity index (χ0n) is 11.7. The van der Waals surface area contributed by atoms with Crippen molar-refractivity contribution >= 4 is 0 Å². The first-order valence-electron chi connectivity index (χ1n) is 6.92. The first kappa shape index (κ1) is 13.8. The van der Waals surface area contributed by atoms with Crippen LogP contribution in [0.2, 0.25) is 0 Å². The number of aryl methyl sites for hydroxylation is 1. The third-order valence-corrected chi connectivity index (χ3v) is 3.92. The number of aromatic nitrogens is 2. The molecule has 0 amide bonds. The van der Waals surface area contributed by atoms with E-state index in [1.165, 1.54) is 11.1 Å². The van der Waals surface area contributed by atoms with Crippen LogP contribution in [-0.2, 0) is 18.4 Å². The van der Waals surface area contributed by atoms with Gasteiger partial charge in [-0.05, 0) is 30.9 Å². The van der Waals surface area contributed by atoms with E-state index in [1.54, 1.807) is 0 Å². The smallest absolute Gasteiger partial charge is 0.0531 e. The topological polar surface area (TPSA) is 38.0 Å². The van der Waals surface area contributed by atoms with Crippen LogP contribution in [0.15, 0.2) is 42.7 Å². The standard InChI is InChI=1S/C16H22N2O/c1-3-16(13-19,15-8-6-5-7-9-15)10-14-11-17-18(4-2)12-14/h5-9,11-12,19H,3-4,10,13H2,1-2H3. The molecule has 0 spiro atoms. The average molecular weight is 258 g/mol. The van der Waals surface area contributed by atoms with Crippen molar-refractivity contribution in [3.63, 3.8) is 0 Å². The summed E-state index contributed by atoms with van der Waals surface area (Å²) in [5.74, 6) is 0. The van der Waals surface area contributed by atoms with Gasteiger partial charge in [0.1, 0.15) is 0 Å². The monoisotopic (exact) mass is 258 g/mol. The Hall–Kier alpha value is -1.61. The zero-order chi connectivity index (χ0) is 13.7. The molecule has 1 heterocycles. The van der Waals surface area contributed by atoms with Crippen molar-refractivity contribution in [3.8, 4) is 0 Å². The minimum Gasteiger partial charge on any atom is -0.395 e. The molecular weight excluding hydrogens is 236 g/mol. The molecule has 2 aromatic rings. The van der Waals surface area contributed by atoms with Gasteiger partial charge in [-0.3, -0.25) is 4.68 Å². The van der Waals surface area contributed by atoms with Gasteiger partial charge in [0, 0.05) is 18.2 Å². The average Bonchev–Trinajstić information content (AvgIpc) is 2.93. The Morgan fingerprint density at radius 2 is 1.95 bits per heavy atom. The summed E-state index contributed by atoms with van der Waals surface area (Å²) >= 11 is 0. The van der Waals surface area contributed by atoms with Crippen LogP contribution in [-0.4, -0.2) is 21.5 Å². The van der Waals surface area contributed by atoms with Crippen LogP contribution < -0.4 is 0 Å². The second-order valence-electron chi connectivity index (χ2n) is 5.04. The summed E-state index contributed by atoms with van der Waals surface area (Å²) in [4.78, 5) is 0. The van der Waals surface area contributed by atoms with Crippen molar-refractivity contribution in [2.45, 2.75) is 38.6 Å². The van der Waals surface area contributed by atoms with E-state index in [4.69, 9.17) is 0 Å². The summed E-state index contributed by atoms with van der Waals surface area (Å²) in [5, 5.41) is 14.2. The fraction of sp³-hybridized carbons (Fsp3) is 0.438. The molecular formula is C16H22N2O. The number of nitrogens with zero attached hydrogens (tertiary/aromatic N) is 2. The summed E-state index contributed by atoms with van der Waals surface area (Å²) in [6.45, 7) is 5.24. The van der Waals surface area contributed by atoms with E-state index in [0.29, 0.717) is 0 Å². The number of hydrogen-bond donors (Lipinski definition) is 1. The van der Waals surface area contributed by atoms with Gasteiger partial charge < -0.3 is 5.11 Å². The van der Waals surface area contributed by atoms with Crippen molar-refractivity contribution in [2.24, 2.45) is 0 Å². The SMILES string of the molecule is CCn1cc(CC(CC)(CO)c2ccccc2)cn1. The van der Waals surface area contributed by atoms with Crippen LogP contribution in [0.4, 0.5) is 0 Å². The maximum Gasteiger partial charge on any atom is 0.0531 e. The molecule has 0 aliphatic carbocycles. The first-order valence-corrected chi connectivity index (χ1v) is 6.92. The first-order chi connectivity index (χ1) is 9.24. The van der Waals surface area contributed by atoms with Gasteiger partial charge in [-0.25, -0.2) is 0 Å². The lowest BCUT2D eigenvalue weighted by Gasteiger charge is -2.31. The molecule has 0 radical (unpaired) electrons. The van der Waals surface area contributed by atoms with Crippen molar-refractivity contribution in [2.75, 3.05) is 6.61 Å². The van der Waals surface area contributed by atoms with Gasteiger partial charge in [-0.2, -0.15) is 5.10 Å². The second kappa shape index (κ2) is 6.02.